The molecular formula is C26H20F2N2O5S3. The number of carbonyl (C=O) groups excluding carboxylic acids is 3. The fourth-order valence-electron chi connectivity index (χ4n) is 3.56. The maximum absolute atomic E-state index is 13.6. The van der Waals surface area contributed by atoms with Gasteiger partial charge in [-0.25, -0.2) is 13.6 Å². The molecule has 0 bridgehead atoms. The lowest BCUT2D eigenvalue weighted by molar-refractivity contribution is -0.122. The van der Waals surface area contributed by atoms with E-state index in [-0.39, 0.29) is 36.1 Å². The summed E-state index contributed by atoms with van der Waals surface area (Å²) >= 11 is 7.82. The smallest absolute Gasteiger partial charge is 0.341 e. The molecule has 3 aromatic rings. The largest absolute Gasteiger partial charge is 0.496 e. The summed E-state index contributed by atoms with van der Waals surface area (Å²) < 4.78 is 37.0. The van der Waals surface area contributed by atoms with Gasteiger partial charge in [0.15, 0.2) is 11.6 Å². The van der Waals surface area contributed by atoms with Gasteiger partial charge >= 0.3 is 5.97 Å². The highest BCUT2D eigenvalue weighted by Gasteiger charge is 2.32. The Hall–Kier alpha value is -3.61. The molecule has 0 atom stereocenters. The topological polar surface area (TPSA) is 84.9 Å². The Morgan fingerprint density at radius 3 is 2.58 bits per heavy atom. The molecule has 0 spiro atoms. The van der Waals surface area contributed by atoms with E-state index < -0.39 is 17.6 Å². The van der Waals surface area contributed by atoms with Crippen LogP contribution in [0.3, 0.4) is 0 Å². The molecular weight excluding hydrogens is 554 g/mol. The summed E-state index contributed by atoms with van der Waals surface area (Å²) in [7, 11) is 2.66. The Bertz CT molecular complexity index is 1470. The Morgan fingerprint density at radius 2 is 1.87 bits per heavy atom. The van der Waals surface area contributed by atoms with Gasteiger partial charge in [0.1, 0.15) is 15.6 Å². The first kappa shape index (κ1) is 27.4. The van der Waals surface area contributed by atoms with Gasteiger partial charge in [-0.2, -0.15) is 0 Å². The maximum Gasteiger partial charge on any atom is 0.341 e. The number of thioether (sulfide) groups is 1. The van der Waals surface area contributed by atoms with E-state index in [0.29, 0.717) is 26.0 Å². The lowest BCUT2D eigenvalue weighted by Crippen LogP contribution is -2.31. The summed E-state index contributed by atoms with van der Waals surface area (Å²) in [5.41, 5.74) is 1.86. The summed E-state index contributed by atoms with van der Waals surface area (Å²) in [5, 5.41) is 4.50. The van der Waals surface area contributed by atoms with E-state index >= 15 is 0 Å². The van der Waals surface area contributed by atoms with Crippen LogP contribution in [0.4, 0.5) is 14.5 Å². The molecule has 12 heteroatoms. The molecule has 7 nitrogen and oxygen atoms in total. The van der Waals surface area contributed by atoms with E-state index in [0.717, 1.165) is 28.8 Å². The molecule has 2 heterocycles. The maximum atomic E-state index is 13.6. The molecule has 0 radical (unpaired) electrons. The van der Waals surface area contributed by atoms with Crippen LogP contribution in [0, 0.1) is 11.6 Å². The van der Waals surface area contributed by atoms with Crippen molar-refractivity contribution in [1.82, 2.24) is 4.90 Å². The Morgan fingerprint density at radius 1 is 1.08 bits per heavy atom. The molecule has 1 N–H and O–H groups in total. The molecule has 38 heavy (non-hydrogen) atoms. The number of thiophene rings is 1. The van der Waals surface area contributed by atoms with Crippen molar-refractivity contribution in [3.63, 3.8) is 0 Å². The van der Waals surface area contributed by atoms with Gasteiger partial charge in [-0.3, -0.25) is 14.5 Å². The van der Waals surface area contributed by atoms with Gasteiger partial charge in [0.2, 0.25) is 5.91 Å². The van der Waals surface area contributed by atoms with Crippen molar-refractivity contribution >= 4 is 69.2 Å². The minimum Gasteiger partial charge on any atom is -0.496 e. The number of benzene rings is 2. The standard InChI is InChI=1S/C26H20F2N2O5S3/c1-34-21-11-16(4-5-18(21)25(33)35-2)29-23(31)7-8-30-24(32)22(38-26(30)36)12-17-9-15(13-37-17)14-3-6-19(27)20(28)10-14/h3-6,9-13H,7-8H2,1-2H3,(H,29,31). The van der Waals surface area contributed by atoms with E-state index in [1.165, 1.54) is 48.7 Å². The van der Waals surface area contributed by atoms with Crippen molar-refractivity contribution in [3.8, 4) is 16.9 Å². The second-order valence-corrected chi connectivity index (χ2v) is 10.5. The highest BCUT2D eigenvalue weighted by Crippen LogP contribution is 2.35. The number of nitrogens with zero attached hydrogens (tertiary/aromatic N) is 1. The number of anilines is 1. The number of nitrogens with one attached hydrogen (secondary N) is 1. The van der Waals surface area contributed by atoms with Crippen molar-refractivity contribution in [2.24, 2.45) is 0 Å². The predicted octanol–water partition coefficient (Wildman–Crippen LogP) is 5.72. The second kappa shape index (κ2) is 11.8. The van der Waals surface area contributed by atoms with Gasteiger partial charge in [0, 0.05) is 29.6 Å². The number of rotatable bonds is 8. The summed E-state index contributed by atoms with van der Waals surface area (Å²) in [5.74, 6) is -2.84. The van der Waals surface area contributed by atoms with Crippen LogP contribution in [0.15, 0.2) is 52.7 Å². The van der Waals surface area contributed by atoms with Crippen LogP contribution < -0.4 is 10.1 Å². The zero-order valence-electron chi connectivity index (χ0n) is 20.1. The number of amides is 2. The normalized spacial score (nSPS) is 14.2. The van der Waals surface area contributed by atoms with Crippen molar-refractivity contribution in [1.29, 1.82) is 0 Å². The molecule has 2 amide bonds. The van der Waals surface area contributed by atoms with Gasteiger partial charge in [-0.05, 0) is 52.9 Å². The van der Waals surface area contributed by atoms with E-state index in [9.17, 15) is 23.2 Å². The number of esters is 1. The van der Waals surface area contributed by atoms with Gasteiger partial charge in [-0.1, -0.05) is 30.0 Å². The third-order valence-corrected chi connectivity index (χ3v) is 7.73. The molecule has 196 valence electrons. The minimum atomic E-state index is -0.933. The van der Waals surface area contributed by atoms with Crippen LogP contribution in [0.2, 0.25) is 0 Å². The molecule has 4 rings (SSSR count). The highest BCUT2D eigenvalue weighted by molar-refractivity contribution is 8.26. The third kappa shape index (κ3) is 6.09. The molecule has 1 aliphatic rings. The molecule has 1 aromatic heterocycles. The monoisotopic (exact) mass is 574 g/mol. The molecule has 1 saturated heterocycles. The quantitative estimate of drug-likeness (QED) is 0.209. The number of methoxy groups -OCH3 is 2. The number of hydrogen-bond donors (Lipinski definition) is 1. The van der Waals surface area contributed by atoms with E-state index in [2.05, 4.69) is 5.32 Å². The van der Waals surface area contributed by atoms with Crippen LogP contribution in [0.5, 0.6) is 5.75 Å². The Kier molecular flexibility index (Phi) is 8.55. The van der Waals surface area contributed by atoms with Crippen molar-refractivity contribution in [2.75, 3.05) is 26.1 Å². The van der Waals surface area contributed by atoms with E-state index in [4.69, 9.17) is 21.7 Å². The van der Waals surface area contributed by atoms with E-state index in [1.807, 2.05) is 0 Å². The van der Waals surface area contributed by atoms with Gasteiger partial charge in [-0.15, -0.1) is 11.3 Å². The SMILES string of the molecule is COC(=O)c1ccc(NC(=O)CCN2C(=O)C(=Cc3cc(-c4ccc(F)c(F)c4)cs3)SC2=S)cc1OC. The zero-order chi connectivity index (χ0) is 27.4. The first-order chi connectivity index (χ1) is 18.2. The van der Waals surface area contributed by atoms with Crippen LogP contribution in [0.25, 0.3) is 17.2 Å². The van der Waals surface area contributed by atoms with Crippen molar-refractivity contribution in [2.45, 2.75) is 6.42 Å². The lowest BCUT2D eigenvalue weighted by Gasteiger charge is -2.14. The highest BCUT2D eigenvalue weighted by atomic mass is 32.2. The van der Waals surface area contributed by atoms with Crippen LogP contribution in [-0.4, -0.2) is 47.8 Å². The summed E-state index contributed by atoms with van der Waals surface area (Å²) in [6.45, 7) is 0.0791. The van der Waals surface area contributed by atoms with Crippen molar-refractivity contribution < 1.29 is 32.6 Å². The molecule has 0 saturated carbocycles. The molecule has 2 aromatic carbocycles. The van der Waals surface area contributed by atoms with Crippen LogP contribution in [-0.2, 0) is 14.3 Å². The number of carbonyl (C=O) groups is 3. The summed E-state index contributed by atoms with van der Waals surface area (Å²) in [6, 6.07) is 9.98. The van der Waals surface area contributed by atoms with E-state index in [1.54, 1.807) is 23.6 Å². The number of halogens is 2. The zero-order valence-corrected chi connectivity index (χ0v) is 22.5. The third-order valence-electron chi connectivity index (χ3n) is 5.47. The predicted molar refractivity (Wildman–Crippen MR) is 147 cm³/mol. The fraction of sp³-hybridized carbons (Fsp3) is 0.154. The van der Waals surface area contributed by atoms with Crippen LogP contribution >= 0.6 is 35.3 Å². The summed E-state index contributed by atoms with van der Waals surface area (Å²) in [6.07, 6.45) is 1.67. The fourth-order valence-corrected chi connectivity index (χ4v) is 5.78. The number of hydrogen-bond acceptors (Lipinski definition) is 8. The second-order valence-electron chi connectivity index (χ2n) is 7.90. The number of ether oxygens (including phenoxy) is 2. The van der Waals surface area contributed by atoms with Crippen LogP contribution in [0.1, 0.15) is 21.7 Å². The Balaban J connectivity index is 1.38. The Labute approximate surface area is 230 Å². The molecule has 0 aliphatic carbocycles. The summed E-state index contributed by atoms with van der Waals surface area (Å²) in [4.78, 5) is 39.7. The van der Waals surface area contributed by atoms with Gasteiger partial charge in [0.05, 0.1) is 19.1 Å². The average Bonchev–Trinajstić information content (AvgIpc) is 3.47. The minimum absolute atomic E-state index is 0.0138. The first-order valence-electron chi connectivity index (χ1n) is 11.1. The number of thiocarbonyl (C=S) groups is 1. The molecule has 1 aliphatic heterocycles. The lowest BCUT2D eigenvalue weighted by atomic mass is 10.1. The first-order valence-corrected chi connectivity index (χ1v) is 13.2. The van der Waals surface area contributed by atoms with Gasteiger partial charge < -0.3 is 14.8 Å². The molecule has 0 unspecified atom stereocenters. The average molecular weight is 575 g/mol. The van der Waals surface area contributed by atoms with Crippen molar-refractivity contribution in [3.05, 3.63) is 74.8 Å². The molecule has 1 fully saturated rings. The van der Waals surface area contributed by atoms with Gasteiger partial charge in [0.25, 0.3) is 5.91 Å².